The van der Waals surface area contributed by atoms with E-state index < -0.39 is 36.5 Å². The smallest absolute Gasteiger partial charge is 0.303 e. The highest BCUT2D eigenvalue weighted by Gasteiger charge is 2.10. The molecule has 0 aliphatic carbocycles. The van der Waals surface area contributed by atoms with Crippen molar-refractivity contribution in [2.75, 3.05) is 0 Å². The first-order valence-electron chi connectivity index (χ1n) is 8.28. The van der Waals surface area contributed by atoms with E-state index in [-0.39, 0.29) is 19.2 Å². The van der Waals surface area contributed by atoms with Crippen LogP contribution >= 0.6 is 0 Å². The highest BCUT2D eigenvalue weighted by Crippen LogP contribution is 1.96. The summed E-state index contributed by atoms with van der Waals surface area (Å²) in [5, 5.41) is 32.7. The molecule has 5 unspecified atom stereocenters. The number of aliphatic hydroxyl groups is 3. The summed E-state index contributed by atoms with van der Waals surface area (Å²) in [6.07, 6.45) is 3.02. The summed E-state index contributed by atoms with van der Waals surface area (Å²) in [7, 11) is 0. The van der Waals surface area contributed by atoms with Gasteiger partial charge >= 0.3 is 11.9 Å². The second kappa shape index (κ2) is 23.8. The van der Waals surface area contributed by atoms with Crippen LogP contribution in [0.4, 0.5) is 0 Å². The lowest BCUT2D eigenvalue weighted by atomic mass is 10.3. The summed E-state index contributed by atoms with van der Waals surface area (Å²) < 4.78 is 9.15. The van der Waals surface area contributed by atoms with Gasteiger partial charge in [0.15, 0.2) is 18.0 Å². The Labute approximate surface area is 173 Å². The first-order chi connectivity index (χ1) is 12.6. The minimum atomic E-state index is -0.595. The summed E-state index contributed by atoms with van der Waals surface area (Å²) >= 11 is 0. The predicted octanol–water partition coefficient (Wildman–Crippen LogP) is 1.30. The van der Waals surface area contributed by atoms with Crippen LogP contribution in [0.3, 0.4) is 0 Å². The van der Waals surface area contributed by atoms with E-state index in [9.17, 15) is 14.4 Å². The molecule has 0 aliphatic rings. The molecule has 5 atom stereocenters. The van der Waals surface area contributed by atoms with Gasteiger partial charge in [-0.05, 0) is 41.5 Å². The Hall–Kier alpha value is -2.19. The van der Waals surface area contributed by atoms with Gasteiger partial charge in [0.05, 0.1) is 18.3 Å². The third-order valence-corrected chi connectivity index (χ3v) is 2.70. The van der Waals surface area contributed by atoms with Gasteiger partial charge in [0.1, 0.15) is 6.10 Å². The van der Waals surface area contributed by atoms with Gasteiger partial charge in [0.2, 0.25) is 0 Å². The second-order valence-corrected chi connectivity index (χ2v) is 5.61. The average Bonchev–Trinajstić information content (AvgIpc) is 2.54. The van der Waals surface area contributed by atoms with Crippen LogP contribution in [-0.2, 0) is 28.7 Å². The molecule has 4 N–H and O–H groups in total. The molecule has 0 bridgehead atoms. The van der Waals surface area contributed by atoms with Crippen molar-refractivity contribution in [1.82, 2.24) is 0 Å². The van der Waals surface area contributed by atoms with E-state index in [2.05, 4.69) is 20.8 Å². The summed E-state index contributed by atoms with van der Waals surface area (Å²) in [6.45, 7) is 11.8. The zero-order valence-corrected chi connectivity index (χ0v) is 17.7. The Balaban J connectivity index is -0.0000000910. The zero-order chi connectivity index (χ0) is 23.4. The summed E-state index contributed by atoms with van der Waals surface area (Å²) in [5.74, 6) is -0.911. The Morgan fingerprint density at radius 2 is 1.10 bits per heavy atom. The highest BCUT2D eigenvalue weighted by atomic mass is 17.1. The minimum absolute atomic E-state index is 0. The van der Waals surface area contributed by atoms with Crippen molar-refractivity contribution in [3.63, 3.8) is 0 Å². The first kappa shape index (κ1) is 37.5. The molecule has 174 valence electrons. The maximum absolute atomic E-state index is 10.4. The molecule has 0 amide bonds. The van der Waals surface area contributed by atoms with E-state index >= 15 is 0 Å². The summed E-state index contributed by atoms with van der Waals surface area (Å²) in [4.78, 5) is 33.9. The number of carbonyl (C=O) groups is 3. The number of esters is 2. The van der Waals surface area contributed by atoms with E-state index in [0.29, 0.717) is 0 Å². The molecular weight excluding hydrogens is 388 g/mol. The number of ether oxygens (including phenoxy) is 2. The molecule has 10 heteroatoms. The largest absolute Gasteiger partial charge is 0.460 e. The number of hydrogen-bond acceptors (Lipinski definition) is 10. The van der Waals surface area contributed by atoms with Gasteiger partial charge in [-0.3, -0.25) is 19.3 Å². The Bertz CT molecular complexity index is 446. The number of terminal acetylenes is 1. The van der Waals surface area contributed by atoms with Crippen LogP contribution in [0.5, 0.6) is 0 Å². The van der Waals surface area contributed by atoms with Crippen molar-refractivity contribution >= 4 is 17.7 Å². The fraction of sp³-hybridized carbons (Fsp3) is 0.737. The van der Waals surface area contributed by atoms with Crippen LogP contribution in [-0.4, -0.2) is 68.8 Å². The van der Waals surface area contributed by atoms with E-state index in [1.165, 1.54) is 26.9 Å². The van der Waals surface area contributed by atoms with Crippen LogP contribution in [0.15, 0.2) is 0 Å². The van der Waals surface area contributed by atoms with Gasteiger partial charge in [-0.1, -0.05) is 13.9 Å². The monoisotopic (exact) mass is 426 g/mol. The molecule has 0 aliphatic heterocycles. The SMILES string of the molecule is C.C#COO.CC(=O)OC(C)C(C)=O.CC(=O)OC(C)C(C)O.CC(O)C(C)O. The topological polar surface area (TPSA) is 160 Å². The molecule has 0 aromatic rings. The molecule has 29 heavy (non-hydrogen) atoms. The maximum atomic E-state index is 10.4. The van der Waals surface area contributed by atoms with Crippen LogP contribution in [0, 0.1) is 12.5 Å². The van der Waals surface area contributed by atoms with Crippen molar-refractivity contribution in [1.29, 1.82) is 0 Å². The minimum Gasteiger partial charge on any atom is -0.460 e. The number of Topliss-reactive ketones (excluding diaryl/α,β-unsaturated/α-hetero) is 1. The number of aliphatic hydroxyl groups excluding tert-OH is 3. The van der Waals surface area contributed by atoms with Crippen molar-refractivity contribution in [3.05, 3.63) is 0 Å². The van der Waals surface area contributed by atoms with Crippen LogP contribution in [0.25, 0.3) is 0 Å². The van der Waals surface area contributed by atoms with E-state index in [1.807, 2.05) is 0 Å². The van der Waals surface area contributed by atoms with Crippen molar-refractivity contribution in [2.45, 2.75) is 93.3 Å². The molecule has 0 aromatic heterocycles. The van der Waals surface area contributed by atoms with Gasteiger partial charge in [-0.25, -0.2) is 0 Å². The fourth-order valence-corrected chi connectivity index (χ4v) is 0.692. The number of ketones is 1. The third-order valence-electron chi connectivity index (χ3n) is 2.70. The molecular formula is C19H38O10. The predicted molar refractivity (Wildman–Crippen MR) is 107 cm³/mol. The summed E-state index contributed by atoms with van der Waals surface area (Å²) in [6, 6.07) is 0. The molecule has 0 saturated carbocycles. The molecule has 0 heterocycles. The molecule has 0 saturated heterocycles. The first-order valence-corrected chi connectivity index (χ1v) is 8.28. The molecule has 10 nitrogen and oxygen atoms in total. The highest BCUT2D eigenvalue weighted by molar-refractivity contribution is 5.82. The van der Waals surface area contributed by atoms with Gasteiger partial charge in [-0.2, -0.15) is 5.26 Å². The number of rotatable bonds is 5. The lowest BCUT2D eigenvalue weighted by molar-refractivity contribution is -0.171. The van der Waals surface area contributed by atoms with E-state index in [1.54, 1.807) is 34.6 Å². The number of hydrogen-bond donors (Lipinski definition) is 4. The number of carbonyl (C=O) groups excluding carboxylic acids is 3. The van der Waals surface area contributed by atoms with E-state index in [0.717, 1.165) is 0 Å². The molecule has 0 radical (unpaired) electrons. The molecule has 0 aromatic carbocycles. The fourth-order valence-electron chi connectivity index (χ4n) is 0.692. The van der Waals surface area contributed by atoms with Crippen LogP contribution in [0.2, 0.25) is 0 Å². The zero-order valence-electron chi connectivity index (χ0n) is 17.7. The third kappa shape index (κ3) is 41.4. The van der Waals surface area contributed by atoms with Gasteiger partial charge < -0.3 is 24.8 Å². The van der Waals surface area contributed by atoms with E-state index in [4.69, 9.17) is 20.6 Å². The van der Waals surface area contributed by atoms with Crippen molar-refractivity contribution in [3.8, 4) is 12.5 Å². The lowest BCUT2D eigenvalue weighted by Gasteiger charge is -2.13. The van der Waals surface area contributed by atoms with Crippen LogP contribution < -0.4 is 0 Å². The van der Waals surface area contributed by atoms with Gasteiger partial charge in [-0.15, -0.1) is 0 Å². The summed E-state index contributed by atoms with van der Waals surface area (Å²) in [5.41, 5.74) is 0. The normalized spacial score (nSPS) is 13.6. The maximum Gasteiger partial charge on any atom is 0.303 e. The molecule has 0 fully saturated rings. The molecule has 0 spiro atoms. The quantitative estimate of drug-likeness (QED) is 0.218. The Morgan fingerprint density at radius 1 is 0.793 bits per heavy atom. The van der Waals surface area contributed by atoms with Gasteiger partial charge in [0.25, 0.3) is 0 Å². The van der Waals surface area contributed by atoms with Crippen LogP contribution in [0.1, 0.15) is 62.8 Å². The Morgan fingerprint density at radius 3 is 1.17 bits per heavy atom. The average molecular weight is 427 g/mol. The lowest BCUT2D eigenvalue weighted by Crippen LogP contribution is -2.24. The van der Waals surface area contributed by atoms with Crippen molar-refractivity contribution in [2.24, 2.45) is 0 Å². The second-order valence-electron chi connectivity index (χ2n) is 5.61. The van der Waals surface area contributed by atoms with Gasteiger partial charge in [0, 0.05) is 13.8 Å². The Kier molecular flexibility index (Phi) is 30.9. The standard InChI is InChI=1S/C6H12O3.C6H10O3.C4H10O2.C2H2O2.CH4/c2*1-4(7)5(2)9-6(3)8;1-3(5)4(2)6;1-2-4-3;/h4-5,7H,1-3H3;5H,1-3H3;3-6H,1-2H3;1,3H;1H4. The van der Waals surface area contributed by atoms with Crippen molar-refractivity contribution < 1.29 is 49.3 Å². The molecule has 0 rings (SSSR count).